The third kappa shape index (κ3) is 3.14. The van der Waals surface area contributed by atoms with E-state index in [2.05, 4.69) is 5.32 Å². The number of allylic oxidation sites excluding steroid dienone is 3. The zero-order valence-electron chi connectivity index (χ0n) is 15.3. The smallest absolute Gasteiger partial charge is 0.336 e. The van der Waals surface area contributed by atoms with Crippen molar-refractivity contribution in [3.63, 3.8) is 0 Å². The maximum atomic E-state index is 13.2. The molecular formula is C21H21NO4S. The number of dihydropyridines is 1. The van der Waals surface area contributed by atoms with Gasteiger partial charge in [0, 0.05) is 34.2 Å². The summed E-state index contributed by atoms with van der Waals surface area (Å²) >= 11 is 1.55. The molecule has 0 spiro atoms. The summed E-state index contributed by atoms with van der Waals surface area (Å²) in [7, 11) is 0. The molecule has 0 radical (unpaired) electrons. The number of hydrogen-bond acceptors (Lipinski definition) is 6. The van der Waals surface area contributed by atoms with E-state index in [0.717, 1.165) is 22.0 Å². The molecule has 2 aromatic rings. The SMILES string of the molecule is CCOC(=O)C1=C(C)NC2=C(C(=O)C[C@@H](c3ccco3)C2)[C@H]1c1cccs1. The van der Waals surface area contributed by atoms with Gasteiger partial charge >= 0.3 is 5.97 Å². The summed E-state index contributed by atoms with van der Waals surface area (Å²) in [6, 6.07) is 7.68. The standard InChI is InChI=1S/C21H21NO4S/c1-3-25-21(24)18-12(2)22-14-10-13(16-6-4-8-26-16)11-15(23)19(14)20(18)17-7-5-9-27-17/h4-9,13,20,22H,3,10-11H2,1-2H3/t13-,20-/m0/s1. The van der Waals surface area contributed by atoms with E-state index in [-0.39, 0.29) is 23.6 Å². The molecule has 4 rings (SSSR count). The minimum absolute atomic E-state index is 0.0136. The lowest BCUT2D eigenvalue weighted by Crippen LogP contribution is -2.35. The second-order valence-electron chi connectivity index (χ2n) is 6.77. The van der Waals surface area contributed by atoms with Crippen molar-refractivity contribution in [3.05, 3.63) is 69.1 Å². The molecule has 2 aliphatic rings. The largest absolute Gasteiger partial charge is 0.469 e. The van der Waals surface area contributed by atoms with E-state index < -0.39 is 0 Å². The zero-order chi connectivity index (χ0) is 19.0. The summed E-state index contributed by atoms with van der Waals surface area (Å²) < 4.78 is 10.8. The van der Waals surface area contributed by atoms with Gasteiger partial charge < -0.3 is 14.5 Å². The number of furan rings is 1. The van der Waals surface area contributed by atoms with Gasteiger partial charge in [-0.2, -0.15) is 0 Å². The van der Waals surface area contributed by atoms with Gasteiger partial charge in [-0.1, -0.05) is 6.07 Å². The molecule has 1 aliphatic carbocycles. The fourth-order valence-electron chi connectivity index (χ4n) is 3.98. The number of nitrogens with one attached hydrogen (secondary N) is 1. The molecule has 1 aliphatic heterocycles. The van der Waals surface area contributed by atoms with Crippen molar-refractivity contribution in [3.8, 4) is 0 Å². The average Bonchev–Trinajstić information content (AvgIpc) is 3.34. The lowest BCUT2D eigenvalue weighted by Gasteiger charge is -2.35. The molecule has 3 heterocycles. The molecule has 0 bridgehead atoms. The molecule has 0 aromatic carbocycles. The Bertz CT molecular complexity index is 922. The fourth-order valence-corrected chi connectivity index (χ4v) is 4.83. The highest BCUT2D eigenvalue weighted by Crippen LogP contribution is 2.46. The second kappa shape index (κ2) is 7.19. The first-order valence-electron chi connectivity index (χ1n) is 9.08. The lowest BCUT2D eigenvalue weighted by atomic mass is 9.74. The molecule has 1 N–H and O–H groups in total. The molecule has 2 aromatic heterocycles. The number of esters is 1. The van der Waals surface area contributed by atoms with Crippen LogP contribution < -0.4 is 5.32 Å². The van der Waals surface area contributed by atoms with Gasteiger partial charge in [0.2, 0.25) is 0 Å². The van der Waals surface area contributed by atoms with Crippen molar-refractivity contribution in [1.29, 1.82) is 0 Å². The van der Waals surface area contributed by atoms with Gasteiger partial charge in [0.15, 0.2) is 5.78 Å². The van der Waals surface area contributed by atoms with Gasteiger partial charge in [-0.15, -0.1) is 11.3 Å². The minimum Gasteiger partial charge on any atom is -0.469 e. The van der Waals surface area contributed by atoms with E-state index in [1.807, 2.05) is 36.6 Å². The molecule has 5 nitrogen and oxygen atoms in total. The van der Waals surface area contributed by atoms with Crippen molar-refractivity contribution < 1.29 is 18.7 Å². The number of ether oxygens (including phenoxy) is 1. The summed E-state index contributed by atoms with van der Waals surface area (Å²) in [5, 5.41) is 5.29. The predicted molar refractivity (Wildman–Crippen MR) is 102 cm³/mol. The Morgan fingerprint density at radius 3 is 2.85 bits per heavy atom. The molecule has 0 amide bonds. The number of ketones is 1. The van der Waals surface area contributed by atoms with Gasteiger partial charge in [-0.25, -0.2) is 4.79 Å². The molecule has 0 unspecified atom stereocenters. The van der Waals surface area contributed by atoms with Crippen LogP contribution in [-0.4, -0.2) is 18.4 Å². The number of carbonyl (C=O) groups excluding carboxylic acids is 2. The van der Waals surface area contributed by atoms with Gasteiger partial charge in [-0.05, 0) is 43.8 Å². The minimum atomic E-state index is -0.370. The van der Waals surface area contributed by atoms with E-state index in [1.54, 1.807) is 24.5 Å². The monoisotopic (exact) mass is 383 g/mol. The highest BCUT2D eigenvalue weighted by molar-refractivity contribution is 7.10. The van der Waals surface area contributed by atoms with Crippen LogP contribution in [0.5, 0.6) is 0 Å². The molecule has 0 saturated carbocycles. The number of rotatable bonds is 4. The first-order valence-corrected chi connectivity index (χ1v) is 9.96. The van der Waals surface area contributed by atoms with Crippen LogP contribution >= 0.6 is 11.3 Å². The quantitative estimate of drug-likeness (QED) is 0.799. The lowest BCUT2D eigenvalue weighted by molar-refractivity contribution is -0.138. The van der Waals surface area contributed by atoms with Crippen LogP contribution in [-0.2, 0) is 14.3 Å². The van der Waals surface area contributed by atoms with Crippen LogP contribution in [0.15, 0.2) is 62.9 Å². The third-order valence-electron chi connectivity index (χ3n) is 5.10. The normalized spacial score (nSPS) is 22.5. The van der Waals surface area contributed by atoms with Gasteiger partial charge in [-0.3, -0.25) is 4.79 Å². The number of thiophene rings is 1. The topological polar surface area (TPSA) is 68.5 Å². The number of hydrogen-bond donors (Lipinski definition) is 1. The Labute approximate surface area is 161 Å². The zero-order valence-corrected chi connectivity index (χ0v) is 16.1. The van der Waals surface area contributed by atoms with Crippen molar-refractivity contribution in [2.24, 2.45) is 0 Å². The molecule has 2 atom stereocenters. The summed E-state index contributed by atoms with van der Waals surface area (Å²) in [6.45, 7) is 3.96. The van der Waals surface area contributed by atoms with Crippen molar-refractivity contribution in [2.45, 2.75) is 38.5 Å². The van der Waals surface area contributed by atoms with Gasteiger partial charge in [0.1, 0.15) is 5.76 Å². The van der Waals surface area contributed by atoms with Gasteiger partial charge in [0.05, 0.1) is 24.4 Å². The average molecular weight is 383 g/mol. The molecule has 6 heteroatoms. The van der Waals surface area contributed by atoms with Crippen molar-refractivity contribution in [2.75, 3.05) is 6.61 Å². The van der Waals surface area contributed by atoms with Gasteiger partial charge in [0.25, 0.3) is 0 Å². The summed E-state index contributed by atoms with van der Waals surface area (Å²) in [6.07, 6.45) is 2.70. The van der Waals surface area contributed by atoms with Crippen LogP contribution in [0.25, 0.3) is 0 Å². The Kier molecular flexibility index (Phi) is 4.74. The molecule has 0 saturated heterocycles. The second-order valence-corrected chi connectivity index (χ2v) is 7.75. The molecule has 140 valence electrons. The first-order chi connectivity index (χ1) is 13.1. The predicted octanol–water partition coefficient (Wildman–Crippen LogP) is 4.27. The van der Waals surface area contributed by atoms with E-state index in [9.17, 15) is 9.59 Å². The number of Topliss-reactive ketones (excluding diaryl/α,β-unsaturated/α-hetero) is 1. The van der Waals surface area contributed by atoms with Crippen LogP contribution in [0, 0.1) is 0 Å². The molecule has 27 heavy (non-hydrogen) atoms. The highest BCUT2D eigenvalue weighted by atomic mass is 32.1. The van der Waals surface area contributed by atoms with Crippen LogP contribution in [0.3, 0.4) is 0 Å². The van der Waals surface area contributed by atoms with Crippen molar-refractivity contribution in [1.82, 2.24) is 5.32 Å². The molecular weight excluding hydrogens is 362 g/mol. The van der Waals surface area contributed by atoms with E-state index >= 15 is 0 Å². The van der Waals surface area contributed by atoms with E-state index in [1.165, 1.54) is 0 Å². The maximum Gasteiger partial charge on any atom is 0.336 e. The van der Waals surface area contributed by atoms with Crippen LogP contribution in [0.1, 0.15) is 49.2 Å². The molecule has 0 fully saturated rings. The van der Waals surface area contributed by atoms with Crippen LogP contribution in [0.4, 0.5) is 0 Å². The maximum absolute atomic E-state index is 13.2. The number of carbonyl (C=O) groups is 2. The van der Waals surface area contributed by atoms with E-state index in [0.29, 0.717) is 30.6 Å². The Balaban J connectivity index is 1.78. The summed E-state index contributed by atoms with van der Waals surface area (Å²) in [5.74, 6) is 0.151. The first kappa shape index (κ1) is 17.8. The Morgan fingerprint density at radius 1 is 1.33 bits per heavy atom. The van der Waals surface area contributed by atoms with Crippen LogP contribution in [0.2, 0.25) is 0 Å². The fraction of sp³-hybridized carbons (Fsp3) is 0.333. The summed E-state index contributed by atoms with van der Waals surface area (Å²) in [5.41, 5.74) is 2.85. The third-order valence-corrected chi connectivity index (χ3v) is 6.03. The summed E-state index contributed by atoms with van der Waals surface area (Å²) in [4.78, 5) is 26.8. The van der Waals surface area contributed by atoms with E-state index in [4.69, 9.17) is 9.15 Å². The van der Waals surface area contributed by atoms with Crippen molar-refractivity contribution >= 4 is 23.1 Å². The Hall–Kier alpha value is -2.60. The highest BCUT2D eigenvalue weighted by Gasteiger charge is 2.42. The Morgan fingerprint density at radius 2 is 2.19 bits per heavy atom.